The lowest BCUT2D eigenvalue weighted by atomic mass is 9.75. The number of benzene rings is 5. The Labute approximate surface area is 259 Å². The zero-order chi connectivity index (χ0) is 30.6. The van der Waals surface area contributed by atoms with Gasteiger partial charge in [0.15, 0.2) is 0 Å². The summed E-state index contributed by atoms with van der Waals surface area (Å²) in [6.07, 6.45) is 4.34. The molecule has 5 aromatic carbocycles. The van der Waals surface area contributed by atoms with E-state index in [1.165, 1.54) is 51.1 Å². The van der Waals surface area contributed by atoms with Gasteiger partial charge in [0.1, 0.15) is 5.82 Å². The molecule has 44 heavy (non-hydrogen) atoms. The quantitative estimate of drug-likeness (QED) is 0.196. The minimum Gasteiger partial charge on any atom is -0.311 e. The summed E-state index contributed by atoms with van der Waals surface area (Å²) in [6.45, 7) is 9.43. The van der Waals surface area contributed by atoms with Crippen LogP contribution in [0.2, 0.25) is 0 Å². The van der Waals surface area contributed by atoms with Crippen molar-refractivity contribution in [2.75, 3.05) is 4.90 Å². The molecule has 2 nitrogen and oxygen atoms in total. The Bertz CT molecular complexity index is 2000. The molecule has 0 spiro atoms. The largest absolute Gasteiger partial charge is 0.311 e. The molecule has 0 unspecified atom stereocenters. The van der Waals surface area contributed by atoms with Crippen LogP contribution < -0.4 is 4.90 Å². The molecule has 0 saturated carbocycles. The van der Waals surface area contributed by atoms with E-state index in [0.717, 1.165) is 22.6 Å². The summed E-state index contributed by atoms with van der Waals surface area (Å²) in [5, 5.41) is 9.25. The van der Waals surface area contributed by atoms with Gasteiger partial charge in [-0.2, -0.15) is 5.26 Å². The fourth-order valence-electron chi connectivity index (χ4n) is 7.13. The standard InChI is InChI=1S/C41H33FN2/c1-40(2)36-8-6-5-7-34(36)38-39(40)35-24-15-28(25-37(35)41(38,3)4)10-9-27-11-18-31(19-12-27)44(33-22-16-30(42)17-23-33)32-20-13-29(26-43)14-21-32/h5-25H,1-4H3. The molecule has 0 atom stereocenters. The van der Waals surface area contributed by atoms with Crippen LogP contribution in [0.1, 0.15) is 66.6 Å². The van der Waals surface area contributed by atoms with Gasteiger partial charge in [0.05, 0.1) is 11.6 Å². The molecule has 2 aliphatic rings. The van der Waals surface area contributed by atoms with Gasteiger partial charge in [0.25, 0.3) is 0 Å². The molecule has 0 N–H and O–H groups in total. The number of nitriles is 1. The summed E-state index contributed by atoms with van der Waals surface area (Å²) in [6, 6.07) is 40.2. The highest BCUT2D eigenvalue weighted by atomic mass is 19.1. The number of halogens is 1. The van der Waals surface area contributed by atoms with Gasteiger partial charge in [-0.05, 0) is 105 Å². The highest BCUT2D eigenvalue weighted by molar-refractivity contribution is 6.09. The van der Waals surface area contributed by atoms with Crippen LogP contribution >= 0.6 is 0 Å². The zero-order valence-electron chi connectivity index (χ0n) is 25.4. The molecule has 214 valence electrons. The Morgan fingerprint density at radius 3 is 1.73 bits per heavy atom. The summed E-state index contributed by atoms with van der Waals surface area (Å²) >= 11 is 0. The Morgan fingerprint density at radius 2 is 1.09 bits per heavy atom. The van der Waals surface area contributed by atoms with Crippen molar-refractivity contribution in [3.05, 3.63) is 160 Å². The molecule has 3 heteroatoms. The Hall–Kier alpha value is -5.20. The van der Waals surface area contributed by atoms with Gasteiger partial charge >= 0.3 is 0 Å². The fourth-order valence-corrected chi connectivity index (χ4v) is 7.13. The van der Waals surface area contributed by atoms with Crippen LogP contribution in [0.5, 0.6) is 0 Å². The van der Waals surface area contributed by atoms with Crippen molar-refractivity contribution in [1.29, 1.82) is 5.26 Å². The molecule has 0 heterocycles. The first kappa shape index (κ1) is 27.6. The first-order valence-electron chi connectivity index (χ1n) is 15.0. The van der Waals surface area contributed by atoms with Gasteiger partial charge < -0.3 is 4.90 Å². The van der Waals surface area contributed by atoms with Crippen molar-refractivity contribution >= 4 is 40.4 Å². The van der Waals surface area contributed by atoms with Crippen molar-refractivity contribution in [2.24, 2.45) is 0 Å². The second-order valence-corrected chi connectivity index (χ2v) is 12.7. The summed E-state index contributed by atoms with van der Waals surface area (Å²) < 4.78 is 13.7. The number of hydrogen-bond acceptors (Lipinski definition) is 2. The monoisotopic (exact) mass is 572 g/mol. The maximum Gasteiger partial charge on any atom is 0.123 e. The smallest absolute Gasteiger partial charge is 0.123 e. The van der Waals surface area contributed by atoms with Crippen molar-refractivity contribution in [3.63, 3.8) is 0 Å². The lowest BCUT2D eigenvalue weighted by molar-refractivity contribution is 0.628. The van der Waals surface area contributed by atoms with Crippen LogP contribution in [0.25, 0.3) is 23.3 Å². The zero-order valence-corrected chi connectivity index (χ0v) is 25.4. The third kappa shape index (κ3) is 4.38. The molecule has 0 radical (unpaired) electrons. The topological polar surface area (TPSA) is 27.0 Å². The Balaban J connectivity index is 1.18. The van der Waals surface area contributed by atoms with Gasteiger partial charge in [0, 0.05) is 27.9 Å². The summed E-state index contributed by atoms with van der Waals surface area (Å²) in [4.78, 5) is 2.06. The molecular weight excluding hydrogens is 539 g/mol. The molecule has 0 amide bonds. The van der Waals surface area contributed by atoms with Crippen LogP contribution in [0.15, 0.2) is 115 Å². The van der Waals surface area contributed by atoms with Crippen LogP contribution in [0, 0.1) is 17.1 Å². The van der Waals surface area contributed by atoms with E-state index in [4.69, 9.17) is 0 Å². The predicted octanol–water partition coefficient (Wildman–Crippen LogP) is 10.8. The SMILES string of the molecule is CC1(C)C2=C(c3ccccc31)C(C)(C)c1cc(C=Cc3ccc(N(c4ccc(F)cc4)c4ccc(C#N)cc4)cc3)ccc12. The fraction of sp³-hybridized carbons (Fsp3) is 0.146. The van der Waals surface area contributed by atoms with Crippen molar-refractivity contribution < 1.29 is 4.39 Å². The first-order valence-corrected chi connectivity index (χ1v) is 15.0. The molecule has 0 fully saturated rings. The average Bonchev–Trinajstić information content (AvgIpc) is 3.43. The minimum atomic E-state index is -0.280. The van der Waals surface area contributed by atoms with Crippen molar-refractivity contribution in [1.82, 2.24) is 0 Å². The third-order valence-corrected chi connectivity index (χ3v) is 9.32. The normalized spacial score (nSPS) is 15.5. The summed E-state index contributed by atoms with van der Waals surface area (Å²) in [5.41, 5.74) is 14.0. The maximum absolute atomic E-state index is 13.7. The van der Waals surface area contributed by atoms with Gasteiger partial charge in [-0.1, -0.05) is 94.4 Å². The van der Waals surface area contributed by atoms with Gasteiger partial charge in [-0.25, -0.2) is 4.39 Å². The number of allylic oxidation sites excluding steroid dienone is 2. The van der Waals surface area contributed by atoms with E-state index in [1.807, 2.05) is 12.1 Å². The second kappa shape index (κ2) is 10.2. The molecule has 0 aliphatic heterocycles. The number of anilines is 3. The molecular formula is C41H33FN2. The first-order chi connectivity index (χ1) is 21.2. The van der Waals surface area contributed by atoms with E-state index in [9.17, 15) is 9.65 Å². The highest BCUT2D eigenvalue weighted by Crippen LogP contribution is 2.62. The van der Waals surface area contributed by atoms with Gasteiger partial charge in [-0.3, -0.25) is 0 Å². The van der Waals surface area contributed by atoms with Gasteiger partial charge in [-0.15, -0.1) is 0 Å². The number of rotatable bonds is 5. The summed E-state index contributed by atoms with van der Waals surface area (Å²) in [5.74, 6) is -0.280. The maximum atomic E-state index is 13.7. The van der Waals surface area contributed by atoms with E-state index in [2.05, 4.69) is 118 Å². The van der Waals surface area contributed by atoms with E-state index in [0.29, 0.717) is 5.56 Å². The molecule has 7 rings (SSSR count). The average molecular weight is 573 g/mol. The predicted molar refractivity (Wildman–Crippen MR) is 180 cm³/mol. The van der Waals surface area contributed by atoms with E-state index in [1.54, 1.807) is 24.3 Å². The lowest BCUT2D eigenvalue weighted by Gasteiger charge is -2.28. The highest BCUT2D eigenvalue weighted by Gasteiger charge is 2.49. The number of nitrogens with zero attached hydrogens (tertiary/aromatic N) is 2. The molecule has 5 aromatic rings. The summed E-state index contributed by atoms with van der Waals surface area (Å²) in [7, 11) is 0. The Morgan fingerprint density at radius 1 is 0.591 bits per heavy atom. The van der Waals surface area contributed by atoms with E-state index < -0.39 is 0 Å². The van der Waals surface area contributed by atoms with Crippen LogP contribution in [-0.4, -0.2) is 0 Å². The number of fused-ring (bicyclic) bond motifs is 4. The minimum absolute atomic E-state index is 0.0207. The van der Waals surface area contributed by atoms with Crippen LogP contribution in [0.4, 0.5) is 21.5 Å². The van der Waals surface area contributed by atoms with Crippen molar-refractivity contribution in [3.8, 4) is 6.07 Å². The third-order valence-electron chi connectivity index (χ3n) is 9.32. The molecule has 0 aromatic heterocycles. The number of hydrogen-bond donors (Lipinski definition) is 0. The Kier molecular flexibility index (Phi) is 6.41. The second-order valence-electron chi connectivity index (χ2n) is 12.7. The van der Waals surface area contributed by atoms with Crippen LogP contribution in [0.3, 0.4) is 0 Å². The molecule has 0 bridgehead atoms. The van der Waals surface area contributed by atoms with Crippen molar-refractivity contribution in [2.45, 2.75) is 38.5 Å². The lowest BCUT2D eigenvalue weighted by Crippen LogP contribution is -2.19. The molecule has 2 aliphatic carbocycles. The molecule has 0 saturated heterocycles. The van der Waals surface area contributed by atoms with Gasteiger partial charge in [0.2, 0.25) is 0 Å². The van der Waals surface area contributed by atoms with E-state index >= 15 is 0 Å². The van der Waals surface area contributed by atoms with E-state index in [-0.39, 0.29) is 16.6 Å². The van der Waals surface area contributed by atoms with Crippen LogP contribution in [-0.2, 0) is 10.8 Å².